The number of hydrogen-bond acceptors (Lipinski definition) is 12. The predicted octanol–water partition coefficient (Wildman–Crippen LogP) is 6.89. The average molecular weight is 793 g/mol. The van der Waals surface area contributed by atoms with E-state index in [-0.39, 0.29) is 12.8 Å². The Bertz CT molecular complexity index is 1050. The number of phosphoric ester groups is 1. The van der Waals surface area contributed by atoms with E-state index in [9.17, 15) is 44.6 Å². The monoisotopic (exact) mass is 792 g/mol. The fraction of sp³-hybridized carbons (Fsp3) is 0.850. The minimum Gasteiger partial charge on any atom is -0.462 e. The van der Waals surface area contributed by atoms with Gasteiger partial charge in [-0.2, -0.15) is 0 Å². The summed E-state index contributed by atoms with van der Waals surface area (Å²) >= 11 is 0. The molecule has 0 aromatic heterocycles. The number of rotatable bonds is 33. The lowest BCUT2D eigenvalue weighted by Crippen LogP contribution is -2.64. The maximum Gasteiger partial charge on any atom is 0.472 e. The molecule has 1 fully saturated rings. The van der Waals surface area contributed by atoms with Crippen LogP contribution < -0.4 is 0 Å². The number of unbranched alkanes of at least 4 members (excludes halogenated alkanes) is 17. The van der Waals surface area contributed by atoms with Crippen molar-refractivity contribution >= 4 is 19.8 Å². The summed E-state index contributed by atoms with van der Waals surface area (Å²) in [6.07, 6.45) is 18.2. The van der Waals surface area contributed by atoms with Gasteiger partial charge in [0.2, 0.25) is 0 Å². The van der Waals surface area contributed by atoms with Crippen molar-refractivity contribution in [1.29, 1.82) is 0 Å². The van der Waals surface area contributed by atoms with Gasteiger partial charge in [-0.15, -0.1) is 0 Å². The molecule has 0 spiro atoms. The number of aliphatic hydroxyl groups is 5. The first-order valence-electron chi connectivity index (χ1n) is 20.6. The van der Waals surface area contributed by atoms with Crippen molar-refractivity contribution in [2.75, 3.05) is 13.2 Å². The number of ether oxygens (including phenoxy) is 2. The van der Waals surface area contributed by atoms with E-state index in [0.717, 1.165) is 77.0 Å². The van der Waals surface area contributed by atoms with Gasteiger partial charge in [-0.05, 0) is 64.2 Å². The molecule has 54 heavy (non-hydrogen) atoms. The molecule has 6 N–H and O–H groups in total. The number of esters is 2. The molecule has 0 heterocycles. The van der Waals surface area contributed by atoms with Crippen molar-refractivity contribution in [2.45, 2.75) is 204 Å². The highest BCUT2D eigenvalue weighted by molar-refractivity contribution is 7.47. The second-order valence-corrected chi connectivity index (χ2v) is 15.9. The maximum atomic E-state index is 12.8. The van der Waals surface area contributed by atoms with E-state index >= 15 is 0 Å². The number of phosphoric acid groups is 1. The van der Waals surface area contributed by atoms with Crippen molar-refractivity contribution in [1.82, 2.24) is 0 Å². The molecule has 0 bridgehead atoms. The van der Waals surface area contributed by atoms with Crippen LogP contribution in [-0.2, 0) is 32.7 Å². The Morgan fingerprint density at radius 1 is 0.556 bits per heavy atom. The zero-order valence-corrected chi connectivity index (χ0v) is 33.9. The van der Waals surface area contributed by atoms with Crippen molar-refractivity contribution in [3.05, 3.63) is 24.3 Å². The van der Waals surface area contributed by atoms with Gasteiger partial charge in [0.1, 0.15) is 43.2 Å². The largest absolute Gasteiger partial charge is 0.472 e. The molecule has 0 radical (unpaired) electrons. The van der Waals surface area contributed by atoms with Gasteiger partial charge in [-0.25, -0.2) is 4.57 Å². The molecule has 0 saturated heterocycles. The fourth-order valence-corrected chi connectivity index (χ4v) is 7.07. The molecule has 1 saturated carbocycles. The summed E-state index contributed by atoms with van der Waals surface area (Å²) in [5.41, 5.74) is 0. The van der Waals surface area contributed by atoms with Gasteiger partial charge in [-0.1, -0.05) is 109 Å². The lowest BCUT2D eigenvalue weighted by Gasteiger charge is -2.41. The number of carbonyl (C=O) groups excluding carboxylic acids is 2. The molecule has 0 aromatic carbocycles. The summed E-state index contributed by atoms with van der Waals surface area (Å²) in [4.78, 5) is 35.5. The van der Waals surface area contributed by atoms with Crippen LogP contribution in [0.4, 0.5) is 0 Å². The van der Waals surface area contributed by atoms with Crippen molar-refractivity contribution in [3.63, 3.8) is 0 Å². The molecule has 1 aliphatic rings. The van der Waals surface area contributed by atoms with Crippen LogP contribution in [0.3, 0.4) is 0 Å². The first-order chi connectivity index (χ1) is 25.9. The summed E-state index contributed by atoms with van der Waals surface area (Å²) in [5, 5.41) is 50.0. The molecule has 316 valence electrons. The topological polar surface area (TPSA) is 210 Å². The molecular weight excluding hydrogens is 719 g/mol. The van der Waals surface area contributed by atoms with Crippen molar-refractivity contribution in [2.24, 2.45) is 0 Å². The molecule has 0 amide bonds. The van der Waals surface area contributed by atoms with E-state index in [1.165, 1.54) is 44.9 Å². The van der Waals surface area contributed by atoms with E-state index in [1.54, 1.807) is 0 Å². The van der Waals surface area contributed by atoms with Gasteiger partial charge in [0, 0.05) is 12.8 Å². The van der Waals surface area contributed by atoms with Crippen LogP contribution in [0.5, 0.6) is 0 Å². The molecule has 6 unspecified atom stereocenters. The highest BCUT2D eigenvalue weighted by Gasteiger charge is 2.51. The lowest BCUT2D eigenvalue weighted by atomic mass is 9.85. The molecule has 1 rings (SSSR count). The Kier molecular flexibility index (Phi) is 29.3. The average Bonchev–Trinajstić information content (AvgIpc) is 3.15. The van der Waals surface area contributed by atoms with E-state index in [2.05, 4.69) is 38.2 Å². The van der Waals surface area contributed by atoms with Gasteiger partial charge in [0.25, 0.3) is 0 Å². The molecule has 0 aliphatic heterocycles. The van der Waals surface area contributed by atoms with Gasteiger partial charge >= 0.3 is 19.8 Å². The summed E-state index contributed by atoms with van der Waals surface area (Å²) in [5.74, 6) is -1.12. The third-order valence-electron chi connectivity index (χ3n) is 9.52. The Balaban J connectivity index is 2.53. The summed E-state index contributed by atoms with van der Waals surface area (Å²) in [7, 11) is -5.11. The maximum absolute atomic E-state index is 12.8. The lowest BCUT2D eigenvalue weighted by molar-refractivity contribution is -0.220. The normalized spacial score (nSPS) is 23.5. The zero-order valence-electron chi connectivity index (χ0n) is 33.0. The summed E-state index contributed by atoms with van der Waals surface area (Å²) in [6, 6.07) is 0. The molecule has 1 aliphatic carbocycles. The van der Waals surface area contributed by atoms with Crippen LogP contribution in [0.25, 0.3) is 0 Å². The van der Waals surface area contributed by atoms with Crippen molar-refractivity contribution < 1.29 is 63.1 Å². The van der Waals surface area contributed by atoms with E-state index in [0.29, 0.717) is 12.8 Å². The number of aliphatic hydroxyl groups excluding tert-OH is 5. The summed E-state index contributed by atoms with van der Waals surface area (Å²) < 4.78 is 33.4. The smallest absolute Gasteiger partial charge is 0.462 e. The SMILES string of the molecule is CCCCC/C=C/CCCCCCCC(=O)OC[C@H](COP(=O)(O)OC1C(O)C(O)C(O)[C@@H](O)C1O)OC(=O)CCCCCCC/C=C/CCCCCC. The van der Waals surface area contributed by atoms with Crippen LogP contribution in [0.1, 0.15) is 162 Å². The zero-order chi connectivity index (χ0) is 40.0. The standard InChI is InChI=1S/C40H73O13P/c1-3-5-7-9-11-13-15-17-19-21-23-25-27-29-34(42)52-32(30-50-33(41)28-26-24-22-20-18-16-14-12-10-8-6-4-2)31-51-54(48,49)53-40-38(46)36(44)35(43)37(45)39(40)47/h12-15,32,35-40,43-47H,3-11,16-31H2,1-2H3,(H,48,49)/b14-12+,15-13+/t32-,35?,36-,37?,38?,39?,40?/m1/s1. The minimum absolute atomic E-state index is 0.0859. The van der Waals surface area contributed by atoms with Gasteiger partial charge in [0.15, 0.2) is 6.10 Å². The van der Waals surface area contributed by atoms with E-state index < -0.39 is 75.7 Å². The van der Waals surface area contributed by atoms with E-state index in [1.807, 2.05) is 0 Å². The Hall–Kier alpha value is -1.67. The van der Waals surface area contributed by atoms with Crippen LogP contribution in [-0.4, -0.2) is 98.3 Å². The van der Waals surface area contributed by atoms with Gasteiger partial charge < -0.3 is 39.9 Å². The first kappa shape index (κ1) is 50.3. The molecule has 14 heteroatoms. The second kappa shape index (κ2) is 31.4. The third kappa shape index (κ3) is 24.1. The first-order valence-corrected chi connectivity index (χ1v) is 22.1. The Morgan fingerprint density at radius 3 is 1.44 bits per heavy atom. The molecule has 13 nitrogen and oxygen atoms in total. The summed E-state index contributed by atoms with van der Waals surface area (Å²) in [6.45, 7) is 3.21. The molecule has 8 atom stereocenters. The number of allylic oxidation sites excluding steroid dienone is 4. The van der Waals surface area contributed by atoms with Crippen LogP contribution >= 0.6 is 7.82 Å². The van der Waals surface area contributed by atoms with E-state index in [4.69, 9.17) is 18.5 Å². The second-order valence-electron chi connectivity index (χ2n) is 14.5. The number of carbonyl (C=O) groups is 2. The Morgan fingerprint density at radius 2 is 0.944 bits per heavy atom. The van der Waals surface area contributed by atoms with Crippen molar-refractivity contribution in [3.8, 4) is 0 Å². The highest BCUT2D eigenvalue weighted by Crippen LogP contribution is 2.47. The fourth-order valence-electron chi connectivity index (χ4n) is 6.10. The highest BCUT2D eigenvalue weighted by atomic mass is 31.2. The Labute approximate surface area is 324 Å². The molecule has 0 aromatic rings. The molecular formula is C40H73O13P. The minimum atomic E-state index is -5.11. The quantitative estimate of drug-likeness (QED) is 0.0173. The third-order valence-corrected chi connectivity index (χ3v) is 10.5. The van der Waals surface area contributed by atoms with Gasteiger partial charge in [0.05, 0.1) is 6.61 Å². The number of hydrogen-bond donors (Lipinski definition) is 6. The predicted molar refractivity (Wildman–Crippen MR) is 207 cm³/mol. The van der Waals surface area contributed by atoms with Crippen LogP contribution in [0.15, 0.2) is 24.3 Å². The van der Waals surface area contributed by atoms with Gasteiger partial charge in [-0.3, -0.25) is 18.6 Å². The van der Waals surface area contributed by atoms with Crippen LogP contribution in [0.2, 0.25) is 0 Å². The van der Waals surface area contributed by atoms with Crippen LogP contribution in [0, 0.1) is 0 Å².